The van der Waals surface area contributed by atoms with E-state index in [0.29, 0.717) is 17.9 Å². The average molecular weight is 413 g/mol. The van der Waals surface area contributed by atoms with Gasteiger partial charge in [-0.3, -0.25) is 24.6 Å². The summed E-state index contributed by atoms with van der Waals surface area (Å²) in [5, 5.41) is 8.97. The number of carbonyl (C=O) groups is 2. The van der Waals surface area contributed by atoms with Crippen molar-refractivity contribution in [2.24, 2.45) is 5.73 Å². The largest absolute Gasteiger partial charge is 0.361 e. The second-order valence-corrected chi connectivity index (χ2v) is 6.98. The molecule has 6 N–H and O–H groups in total. The third-order valence-corrected chi connectivity index (χ3v) is 4.91. The number of likely N-dealkylation sites (N-methyl/N-ethyl adjacent to an activating group) is 1. The zero-order chi connectivity index (χ0) is 20.1. The molecule has 154 valence electrons. The molecule has 2 aliphatic heterocycles. The van der Waals surface area contributed by atoms with Crippen molar-refractivity contribution >= 4 is 29.1 Å². The van der Waals surface area contributed by atoms with Gasteiger partial charge in [0.05, 0.1) is 6.61 Å². The van der Waals surface area contributed by atoms with Crippen molar-refractivity contribution in [2.45, 2.75) is 37.4 Å². The molecule has 0 saturated carbocycles. The van der Waals surface area contributed by atoms with Crippen LogP contribution in [0.25, 0.3) is 0 Å². The number of halogens is 1. The predicted molar refractivity (Wildman–Crippen MR) is 103 cm³/mol. The van der Waals surface area contributed by atoms with Crippen molar-refractivity contribution in [2.75, 3.05) is 25.7 Å². The lowest BCUT2D eigenvalue weighted by atomic mass is 10.2. The monoisotopic (exact) mass is 412 g/mol. The van der Waals surface area contributed by atoms with E-state index >= 15 is 0 Å². The minimum absolute atomic E-state index is 0.119. The lowest BCUT2D eigenvalue weighted by Gasteiger charge is -2.38. The molecule has 2 fully saturated rings. The Balaban J connectivity index is 1.49. The van der Waals surface area contributed by atoms with Gasteiger partial charge in [-0.15, -0.1) is 0 Å². The Morgan fingerprint density at radius 1 is 1.39 bits per heavy atom. The molecule has 10 nitrogen and oxygen atoms in total. The number of anilines is 1. The normalized spacial score (nSPS) is 25.3. The molecule has 4 atom stereocenters. The van der Waals surface area contributed by atoms with Gasteiger partial charge < -0.3 is 21.1 Å². The Morgan fingerprint density at radius 3 is 2.86 bits per heavy atom. The second-order valence-electron chi connectivity index (χ2n) is 6.54. The van der Waals surface area contributed by atoms with Crippen molar-refractivity contribution in [3.05, 3.63) is 29.3 Å². The number of ether oxygens (including phenoxy) is 1. The number of nitrogens with one attached hydrogen (secondary N) is 4. The molecule has 11 heteroatoms. The summed E-state index contributed by atoms with van der Waals surface area (Å²) in [6, 6.07) is 6.44. The number of hydrogen-bond donors (Lipinski definition) is 5. The third-order valence-electron chi connectivity index (χ3n) is 4.66. The molecule has 4 unspecified atom stereocenters. The van der Waals surface area contributed by atoms with Gasteiger partial charge in [-0.25, -0.2) is 0 Å². The highest BCUT2D eigenvalue weighted by atomic mass is 35.5. The summed E-state index contributed by atoms with van der Waals surface area (Å²) in [5.41, 5.74) is 9.36. The van der Waals surface area contributed by atoms with Crippen LogP contribution in [0.3, 0.4) is 0 Å². The van der Waals surface area contributed by atoms with Gasteiger partial charge in [0.1, 0.15) is 31.3 Å². The highest BCUT2D eigenvalue weighted by Crippen LogP contribution is 2.27. The van der Waals surface area contributed by atoms with Gasteiger partial charge in [0, 0.05) is 10.7 Å². The van der Waals surface area contributed by atoms with E-state index in [9.17, 15) is 9.59 Å². The summed E-state index contributed by atoms with van der Waals surface area (Å²) in [4.78, 5) is 31.8. The molecule has 2 aliphatic rings. The first-order chi connectivity index (χ1) is 13.5. The molecule has 3 rings (SSSR count). The minimum Gasteiger partial charge on any atom is -0.361 e. The van der Waals surface area contributed by atoms with Gasteiger partial charge >= 0.3 is 0 Å². The molecule has 1 aromatic rings. The third kappa shape index (κ3) is 4.90. The van der Waals surface area contributed by atoms with E-state index in [1.165, 1.54) is 0 Å². The van der Waals surface area contributed by atoms with E-state index < -0.39 is 18.1 Å². The van der Waals surface area contributed by atoms with Gasteiger partial charge in [0.25, 0.3) is 11.8 Å². The van der Waals surface area contributed by atoms with Crippen LogP contribution in [-0.4, -0.2) is 61.7 Å². The highest BCUT2D eigenvalue weighted by molar-refractivity contribution is 6.30. The Bertz CT molecular complexity index is 691. The number of hydrogen-bond acceptors (Lipinski definition) is 8. The predicted octanol–water partition coefficient (Wildman–Crippen LogP) is -0.476. The molecule has 0 bridgehead atoms. The van der Waals surface area contributed by atoms with Crippen LogP contribution in [-0.2, 0) is 19.2 Å². The number of nitrogens with two attached hydrogens (primary N) is 1. The first-order valence-electron chi connectivity index (χ1n) is 9.03. The molecule has 0 aliphatic carbocycles. The lowest BCUT2D eigenvalue weighted by molar-refractivity contribution is -0.171. The Labute approximate surface area is 168 Å². The molecule has 0 aromatic heterocycles. The molecule has 2 heterocycles. The van der Waals surface area contributed by atoms with Crippen LogP contribution < -0.4 is 27.2 Å². The van der Waals surface area contributed by atoms with Crippen LogP contribution in [0.4, 0.5) is 5.69 Å². The van der Waals surface area contributed by atoms with Gasteiger partial charge in [-0.1, -0.05) is 11.6 Å². The molecule has 0 spiro atoms. The average Bonchev–Trinajstić information content (AvgIpc) is 3.11. The van der Waals surface area contributed by atoms with E-state index in [-0.39, 0.29) is 31.6 Å². The number of fused-ring (bicyclic) bond motifs is 1. The van der Waals surface area contributed by atoms with Crippen LogP contribution in [0.5, 0.6) is 0 Å². The fraction of sp³-hybridized carbons (Fsp3) is 0.529. The summed E-state index contributed by atoms with van der Waals surface area (Å²) >= 11 is 5.85. The van der Waals surface area contributed by atoms with E-state index in [1.807, 2.05) is 12.1 Å². The number of amides is 2. The maximum Gasteiger partial charge on any atom is 0.252 e. The van der Waals surface area contributed by atoms with Gasteiger partial charge in [0.2, 0.25) is 0 Å². The minimum atomic E-state index is -0.889. The van der Waals surface area contributed by atoms with Gasteiger partial charge in [-0.2, -0.15) is 5.48 Å². The molecular weight excluding hydrogens is 388 g/mol. The second kappa shape index (κ2) is 9.50. The quantitative estimate of drug-likeness (QED) is 0.220. The van der Waals surface area contributed by atoms with Crippen molar-refractivity contribution < 1.29 is 19.2 Å². The first-order valence-corrected chi connectivity index (χ1v) is 9.41. The van der Waals surface area contributed by atoms with E-state index in [0.717, 1.165) is 5.69 Å². The first kappa shape index (κ1) is 20.8. The zero-order valence-corrected chi connectivity index (χ0v) is 16.2. The summed E-state index contributed by atoms with van der Waals surface area (Å²) in [5.74, 6) is -0.688. The van der Waals surface area contributed by atoms with Crippen LogP contribution in [0.1, 0.15) is 12.8 Å². The maximum atomic E-state index is 12.8. The lowest BCUT2D eigenvalue weighted by Crippen LogP contribution is -2.63. The Kier molecular flexibility index (Phi) is 7.05. The van der Waals surface area contributed by atoms with Crippen LogP contribution in [0.2, 0.25) is 5.02 Å². The molecular formula is C17H25ClN6O4. The van der Waals surface area contributed by atoms with Crippen LogP contribution in [0, 0.1) is 0 Å². The van der Waals surface area contributed by atoms with E-state index in [4.69, 9.17) is 26.9 Å². The fourth-order valence-corrected chi connectivity index (χ4v) is 3.26. The molecule has 2 saturated heterocycles. The van der Waals surface area contributed by atoms with Gasteiger partial charge in [-0.05, 0) is 44.2 Å². The standard InChI is InChI=1S/C17H25ClN6O4/c1-20-15(19)16(25)22-12-8-27-14-7-6-13(24(14)17(12)26)23-28-9-21-11-4-2-10(18)3-5-11/h2-5,12-15,20-21,23H,6-9,19H2,1H3,(H,22,25). The molecule has 0 radical (unpaired) electrons. The van der Waals surface area contributed by atoms with Crippen molar-refractivity contribution in [1.82, 2.24) is 21.0 Å². The topological polar surface area (TPSA) is 130 Å². The number of nitrogens with zero attached hydrogens (tertiary/aromatic N) is 1. The number of rotatable bonds is 8. The summed E-state index contributed by atoms with van der Waals surface area (Å²) in [6.07, 6.45) is -0.200. The van der Waals surface area contributed by atoms with Crippen molar-refractivity contribution in [1.29, 1.82) is 0 Å². The SMILES string of the molecule is CNC(N)C(=O)NC1COC2CCC(NOCNc3ccc(Cl)cc3)N2C1=O. The summed E-state index contributed by atoms with van der Waals surface area (Å²) < 4.78 is 5.72. The fourth-order valence-electron chi connectivity index (χ4n) is 3.13. The zero-order valence-electron chi connectivity index (χ0n) is 15.5. The maximum absolute atomic E-state index is 12.8. The number of hydroxylamine groups is 1. The van der Waals surface area contributed by atoms with Gasteiger partial charge in [0.15, 0.2) is 0 Å². The Hall–Kier alpha value is -1.95. The van der Waals surface area contributed by atoms with Crippen LogP contribution >= 0.6 is 11.6 Å². The van der Waals surface area contributed by atoms with E-state index in [1.54, 1.807) is 24.1 Å². The van der Waals surface area contributed by atoms with Crippen molar-refractivity contribution in [3.8, 4) is 0 Å². The van der Waals surface area contributed by atoms with Crippen LogP contribution in [0.15, 0.2) is 24.3 Å². The van der Waals surface area contributed by atoms with E-state index in [2.05, 4.69) is 21.4 Å². The number of benzene rings is 1. The molecule has 1 aromatic carbocycles. The molecule has 28 heavy (non-hydrogen) atoms. The smallest absolute Gasteiger partial charge is 0.252 e. The summed E-state index contributed by atoms with van der Waals surface area (Å²) in [6.45, 7) is 0.316. The number of carbonyl (C=O) groups excluding carboxylic acids is 2. The van der Waals surface area contributed by atoms with Crippen molar-refractivity contribution in [3.63, 3.8) is 0 Å². The highest BCUT2D eigenvalue weighted by Gasteiger charge is 2.45. The summed E-state index contributed by atoms with van der Waals surface area (Å²) in [7, 11) is 1.56. The Morgan fingerprint density at radius 2 is 2.14 bits per heavy atom. The molecule has 2 amide bonds.